The number of hydrogen-bond acceptors (Lipinski definition) is 3. The maximum Gasteiger partial charge on any atom is 0.180 e. The Balaban J connectivity index is 2.19. The van der Waals surface area contributed by atoms with Crippen molar-refractivity contribution >= 4 is 9.84 Å². The standard InChI is InChI=1S/C21H26FNO2S/c1-3-5-13-21(4-2)15-26(24,25)19-12-7-6-11-18(19)20(23-21)16-9-8-10-17(22)14-16/h6-12,14,20,23H,3-5,13,15H2,1-2H3/t20-,21-/m0/s1. The van der Waals surface area contributed by atoms with Crippen LogP contribution in [0.5, 0.6) is 0 Å². The lowest BCUT2D eigenvalue weighted by Crippen LogP contribution is -2.50. The average Bonchev–Trinajstić information content (AvgIpc) is 2.73. The van der Waals surface area contributed by atoms with E-state index in [0.717, 1.165) is 24.8 Å². The van der Waals surface area contributed by atoms with Crippen molar-refractivity contribution in [3.05, 3.63) is 65.5 Å². The predicted octanol–water partition coefficient (Wildman–Crippen LogP) is 4.63. The van der Waals surface area contributed by atoms with Gasteiger partial charge >= 0.3 is 0 Å². The van der Waals surface area contributed by atoms with Gasteiger partial charge in [-0.25, -0.2) is 12.8 Å². The molecule has 0 aliphatic carbocycles. The van der Waals surface area contributed by atoms with Crippen LogP contribution in [0.25, 0.3) is 0 Å². The van der Waals surface area contributed by atoms with E-state index in [1.807, 2.05) is 25.1 Å². The Hall–Kier alpha value is -1.72. The van der Waals surface area contributed by atoms with Crippen molar-refractivity contribution in [2.24, 2.45) is 0 Å². The van der Waals surface area contributed by atoms with Gasteiger partial charge in [0.2, 0.25) is 0 Å². The molecule has 0 spiro atoms. The second-order valence-electron chi connectivity index (χ2n) is 7.17. The molecular weight excluding hydrogens is 349 g/mol. The summed E-state index contributed by atoms with van der Waals surface area (Å²) in [6.07, 6.45) is 3.43. The molecule has 1 heterocycles. The SMILES string of the molecule is CCCC[C@@]1(CC)CS(=O)(=O)c2ccccc2[C@H](c2cccc(F)c2)N1. The zero-order valence-corrected chi connectivity index (χ0v) is 16.2. The third-order valence-corrected chi connectivity index (χ3v) is 7.32. The van der Waals surface area contributed by atoms with E-state index in [1.54, 1.807) is 18.2 Å². The van der Waals surface area contributed by atoms with E-state index in [2.05, 4.69) is 12.2 Å². The van der Waals surface area contributed by atoms with E-state index in [1.165, 1.54) is 12.1 Å². The van der Waals surface area contributed by atoms with Crippen LogP contribution >= 0.6 is 0 Å². The van der Waals surface area contributed by atoms with E-state index >= 15 is 0 Å². The minimum Gasteiger partial charge on any atom is -0.300 e. The zero-order chi connectivity index (χ0) is 18.8. The highest BCUT2D eigenvalue weighted by Crippen LogP contribution is 2.38. The fourth-order valence-corrected chi connectivity index (χ4v) is 6.00. The number of halogens is 1. The minimum atomic E-state index is -3.44. The molecule has 1 aliphatic heterocycles. The number of nitrogens with one attached hydrogen (secondary N) is 1. The Morgan fingerprint density at radius 3 is 2.62 bits per heavy atom. The van der Waals surface area contributed by atoms with Crippen molar-refractivity contribution in [2.45, 2.75) is 56.0 Å². The molecule has 0 aromatic heterocycles. The smallest absolute Gasteiger partial charge is 0.180 e. The summed E-state index contributed by atoms with van der Waals surface area (Å²) in [6.45, 7) is 4.13. The minimum absolute atomic E-state index is 0.0688. The van der Waals surface area contributed by atoms with Crippen LogP contribution in [0.3, 0.4) is 0 Å². The van der Waals surface area contributed by atoms with E-state index in [0.29, 0.717) is 16.9 Å². The normalized spacial score (nSPS) is 24.7. The van der Waals surface area contributed by atoms with Gasteiger partial charge in [0.25, 0.3) is 0 Å². The van der Waals surface area contributed by atoms with Gasteiger partial charge in [-0.15, -0.1) is 0 Å². The van der Waals surface area contributed by atoms with Crippen LogP contribution in [0.4, 0.5) is 4.39 Å². The highest BCUT2D eigenvalue weighted by Gasteiger charge is 2.41. The molecule has 0 saturated heterocycles. The van der Waals surface area contributed by atoms with Gasteiger partial charge in [-0.3, -0.25) is 5.32 Å². The molecule has 0 saturated carbocycles. The van der Waals surface area contributed by atoms with Crippen LogP contribution in [0, 0.1) is 5.82 Å². The van der Waals surface area contributed by atoms with E-state index in [9.17, 15) is 12.8 Å². The molecule has 0 amide bonds. The predicted molar refractivity (Wildman–Crippen MR) is 102 cm³/mol. The lowest BCUT2D eigenvalue weighted by atomic mass is 9.88. The molecule has 0 bridgehead atoms. The van der Waals surface area contributed by atoms with Crippen LogP contribution in [0.2, 0.25) is 0 Å². The molecule has 3 rings (SSSR count). The van der Waals surface area contributed by atoms with Crippen molar-refractivity contribution in [1.29, 1.82) is 0 Å². The number of sulfone groups is 1. The third-order valence-electron chi connectivity index (χ3n) is 5.35. The molecule has 140 valence electrons. The number of hydrogen-bond donors (Lipinski definition) is 1. The maximum absolute atomic E-state index is 13.9. The van der Waals surface area contributed by atoms with Gasteiger partial charge in [0.1, 0.15) is 5.82 Å². The van der Waals surface area contributed by atoms with E-state index < -0.39 is 15.4 Å². The second kappa shape index (κ2) is 7.49. The summed E-state index contributed by atoms with van der Waals surface area (Å²) in [5, 5.41) is 3.62. The van der Waals surface area contributed by atoms with Gasteiger partial charge in [-0.2, -0.15) is 0 Å². The molecule has 2 aromatic carbocycles. The first-order valence-corrected chi connectivity index (χ1v) is 10.9. The summed E-state index contributed by atoms with van der Waals surface area (Å²) in [7, 11) is -3.44. The highest BCUT2D eigenvalue weighted by atomic mass is 32.2. The molecule has 1 aliphatic rings. The lowest BCUT2D eigenvalue weighted by Gasteiger charge is -2.35. The first-order valence-electron chi connectivity index (χ1n) is 9.25. The zero-order valence-electron chi connectivity index (χ0n) is 15.3. The summed E-state index contributed by atoms with van der Waals surface area (Å²) in [5.41, 5.74) is 0.930. The quantitative estimate of drug-likeness (QED) is 0.829. The molecule has 2 atom stereocenters. The summed E-state index contributed by atoms with van der Waals surface area (Å²) in [4.78, 5) is 0.355. The number of unbranched alkanes of at least 4 members (excludes halogenated alkanes) is 1. The Bertz CT molecular complexity index is 881. The molecular formula is C21H26FNO2S. The summed E-state index contributed by atoms with van der Waals surface area (Å²) < 4.78 is 40.2. The monoisotopic (exact) mass is 375 g/mol. The van der Waals surface area contributed by atoms with Crippen molar-refractivity contribution < 1.29 is 12.8 Å². The summed E-state index contributed by atoms with van der Waals surface area (Å²) in [6, 6.07) is 13.2. The van der Waals surface area contributed by atoms with Crippen LogP contribution in [0.1, 0.15) is 56.7 Å². The summed E-state index contributed by atoms with van der Waals surface area (Å²) in [5.74, 6) is -0.246. The topological polar surface area (TPSA) is 46.2 Å². The van der Waals surface area contributed by atoms with Gasteiger partial charge < -0.3 is 0 Å². The third kappa shape index (κ3) is 3.69. The number of benzene rings is 2. The van der Waals surface area contributed by atoms with Crippen molar-refractivity contribution in [3.63, 3.8) is 0 Å². The molecule has 3 nitrogen and oxygen atoms in total. The molecule has 1 N–H and O–H groups in total. The average molecular weight is 376 g/mol. The van der Waals surface area contributed by atoms with Crippen LogP contribution in [-0.4, -0.2) is 19.7 Å². The Labute approximate surface area is 155 Å². The molecule has 0 fully saturated rings. The lowest BCUT2D eigenvalue weighted by molar-refractivity contribution is 0.294. The molecule has 26 heavy (non-hydrogen) atoms. The van der Waals surface area contributed by atoms with Gasteiger partial charge in [-0.1, -0.05) is 57.0 Å². The van der Waals surface area contributed by atoms with Gasteiger partial charge in [-0.05, 0) is 42.2 Å². The van der Waals surface area contributed by atoms with Crippen molar-refractivity contribution in [2.75, 3.05) is 5.75 Å². The Morgan fingerprint density at radius 1 is 1.15 bits per heavy atom. The van der Waals surface area contributed by atoms with Crippen molar-refractivity contribution in [1.82, 2.24) is 5.32 Å². The molecule has 0 unspecified atom stereocenters. The molecule has 0 radical (unpaired) electrons. The fraction of sp³-hybridized carbons (Fsp3) is 0.429. The molecule has 5 heteroatoms. The summed E-state index contributed by atoms with van der Waals surface area (Å²) >= 11 is 0. The number of rotatable bonds is 5. The first kappa shape index (κ1) is 19.1. The van der Waals surface area contributed by atoms with E-state index in [4.69, 9.17) is 0 Å². The second-order valence-corrected chi connectivity index (χ2v) is 9.12. The molecule has 2 aromatic rings. The van der Waals surface area contributed by atoms with Crippen LogP contribution < -0.4 is 5.32 Å². The fourth-order valence-electron chi connectivity index (χ4n) is 3.86. The Morgan fingerprint density at radius 2 is 1.92 bits per heavy atom. The van der Waals surface area contributed by atoms with Crippen LogP contribution in [-0.2, 0) is 9.84 Å². The highest BCUT2D eigenvalue weighted by molar-refractivity contribution is 7.91. The van der Waals surface area contributed by atoms with Crippen LogP contribution in [0.15, 0.2) is 53.4 Å². The van der Waals surface area contributed by atoms with E-state index in [-0.39, 0.29) is 17.6 Å². The van der Waals surface area contributed by atoms with Gasteiger partial charge in [0, 0.05) is 5.54 Å². The Kier molecular flexibility index (Phi) is 5.49. The van der Waals surface area contributed by atoms with Gasteiger partial charge in [0.05, 0.1) is 16.7 Å². The van der Waals surface area contributed by atoms with Gasteiger partial charge in [0.15, 0.2) is 9.84 Å². The largest absolute Gasteiger partial charge is 0.300 e. The first-order chi connectivity index (χ1) is 12.4. The number of fused-ring (bicyclic) bond motifs is 1. The van der Waals surface area contributed by atoms with Crippen molar-refractivity contribution in [3.8, 4) is 0 Å². The maximum atomic E-state index is 13.9.